The number of ketones is 1. The highest BCUT2D eigenvalue weighted by atomic mass is 16.6. The highest BCUT2D eigenvalue weighted by Gasteiger charge is 2.44. The molecule has 1 rings (SSSR count). The number of amides is 2. The van der Waals surface area contributed by atoms with Gasteiger partial charge in [-0.15, -0.1) is 0 Å². The molecule has 0 bridgehead atoms. The number of rotatable bonds is 13. The van der Waals surface area contributed by atoms with Gasteiger partial charge in [0.15, 0.2) is 6.79 Å². The van der Waals surface area contributed by atoms with Gasteiger partial charge in [0.25, 0.3) is 5.91 Å². The monoisotopic (exact) mass is 542 g/mol. The fraction of sp³-hybridized carbons (Fsp3) is 0.786. The van der Waals surface area contributed by atoms with Crippen LogP contribution in [0.2, 0.25) is 0 Å². The third-order valence-corrected chi connectivity index (χ3v) is 6.38. The molecule has 1 fully saturated rings. The van der Waals surface area contributed by atoms with Crippen LogP contribution >= 0.6 is 0 Å². The first-order chi connectivity index (χ1) is 17.5. The first-order valence-electron chi connectivity index (χ1n) is 13.2. The zero-order valence-corrected chi connectivity index (χ0v) is 24.6. The van der Waals surface area contributed by atoms with Crippen LogP contribution in [0.3, 0.4) is 0 Å². The molecule has 3 N–H and O–H groups in total. The minimum absolute atomic E-state index is 0.0373. The number of hydrogen-bond acceptors (Lipinski definition) is 8. The summed E-state index contributed by atoms with van der Waals surface area (Å²) >= 11 is 0. The van der Waals surface area contributed by atoms with Gasteiger partial charge in [0.1, 0.15) is 11.4 Å². The number of ether oxygens (including phenoxy) is 3. The Labute approximate surface area is 228 Å². The van der Waals surface area contributed by atoms with Gasteiger partial charge >= 0.3 is 12.1 Å². The van der Waals surface area contributed by atoms with Crippen molar-refractivity contribution in [2.75, 3.05) is 20.5 Å². The van der Waals surface area contributed by atoms with E-state index in [2.05, 4.69) is 35.8 Å². The van der Waals surface area contributed by atoms with Crippen molar-refractivity contribution in [2.24, 2.45) is 11.3 Å². The Bertz CT molecular complexity index is 794. The number of carbonyl (C=O) groups excluding carboxylic acids is 4. The molecule has 10 heteroatoms. The molecule has 1 saturated carbocycles. The largest absolute Gasteiger partial charge is 0.453 e. The SMILES string of the molecule is C=CC(=O)OCO.COC(=O)NC1(C)CC(NC(=O)C(C)(C)OCCCCCC(=O)C(C)C)CC(C)(C)C1. The quantitative estimate of drug-likeness (QED) is 0.137. The van der Waals surface area contributed by atoms with Crippen LogP contribution in [0, 0.1) is 11.3 Å². The van der Waals surface area contributed by atoms with Crippen molar-refractivity contribution < 1.29 is 38.5 Å². The van der Waals surface area contributed by atoms with Crippen LogP contribution in [0.5, 0.6) is 0 Å². The summed E-state index contributed by atoms with van der Waals surface area (Å²) in [7, 11) is 1.36. The summed E-state index contributed by atoms with van der Waals surface area (Å²) in [4.78, 5) is 46.3. The summed E-state index contributed by atoms with van der Waals surface area (Å²) in [6.07, 6.45) is 5.99. The normalized spacial score (nSPS) is 20.4. The molecule has 2 amide bonds. The first-order valence-corrected chi connectivity index (χ1v) is 13.2. The Morgan fingerprint density at radius 3 is 2.24 bits per heavy atom. The van der Waals surface area contributed by atoms with E-state index in [1.807, 2.05) is 20.8 Å². The fourth-order valence-corrected chi connectivity index (χ4v) is 4.72. The second-order valence-corrected chi connectivity index (χ2v) is 11.7. The number of nitrogens with one attached hydrogen (secondary N) is 2. The molecule has 2 unspecified atom stereocenters. The van der Waals surface area contributed by atoms with Crippen molar-refractivity contribution in [2.45, 2.75) is 111 Å². The lowest BCUT2D eigenvalue weighted by Gasteiger charge is -2.47. The van der Waals surface area contributed by atoms with E-state index in [0.29, 0.717) is 25.2 Å². The Morgan fingerprint density at radius 1 is 1.11 bits per heavy atom. The van der Waals surface area contributed by atoms with Crippen LogP contribution in [0.15, 0.2) is 12.7 Å². The van der Waals surface area contributed by atoms with Gasteiger partial charge in [-0.1, -0.05) is 40.7 Å². The molecule has 220 valence electrons. The number of esters is 1. The highest BCUT2D eigenvalue weighted by molar-refractivity contribution is 5.84. The molecule has 0 aromatic heterocycles. The standard InChI is InChI=1S/C24H44N2O5.C4H6O3/c1-17(2)19(27)12-10-9-11-13-31-23(5,6)20(28)25-18-14-22(3,4)16-24(7,15-18)26-21(29)30-8;1-2-4(6)7-3-5/h17-18H,9-16H2,1-8H3,(H,25,28)(H,26,29);2,5H,1,3H2. The summed E-state index contributed by atoms with van der Waals surface area (Å²) in [5.41, 5.74) is -1.43. The minimum atomic E-state index is -0.943. The molecule has 1 aliphatic rings. The molecule has 1 aliphatic carbocycles. The maximum atomic E-state index is 12.9. The van der Waals surface area contributed by atoms with Crippen LogP contribution in [0.25, 0.3) is 0 Å². The molecule has 0 aromatic carbocycles. The molecule has 38 heavy (non-hydrogen) atoms. The summed E-state index contributed by atoms with van der Waals surface area (Å²) in [6.45, 7) is 16.7. The van der Waals surface area contributed by atoms with Crippen molar-refractivity contribution >= 4 is 23.8 Å². The number of unbranched alkanes of at least 4 members (excludes halogenated alkanes) is 2. The zero-order chi connectivity index (χ0) is 29.6. The van der Waals surface area contributed by atoms with Crippen molar-refractivity contribution in [1.82, 2.24) is 10.6 Å². The van der Waals surface area contributed by atoms with E-state index in [9.17, 15) is 19.2 Å². The maximum absolute atomic E-state index is 12.9. The Balaban J connectivity index is 0.00000171. The van der Waals surface area contributed by atoms with Gasteiger partial charge in [-0.3, -0.25) is 9.59 Å². The topological polar surface area (TPSA) is 140 Å². The maximum Gasteiger partial charge on any atom is 0.407 e. The molecule has 2 atom stereocenters. The molecule has 0 radical (unpaired) electrons. The number of aliphatic hydroxyl groups is 1. The van der Waals surface area contributed by atoms with E-state index < -0.39 is 30.0 Å². The van der Waals surface area contributed by atoms with E-state index in [1.165, 1.54) is 7.11 Å². The molecule has 0 spiro atoms. The third-order valence-electron chi connectivity index (χ3n) is 6.38. The van der Waals surface area contributed by atoms with Crippen LogP contribution < -0.4 is 10.6 Å². The van der Waals surface area contributed by atoms with Gasteiger partial charge in [0.05, 0.1) is 7.11 Å². The molecule has 10 nitrogen and oxygen atoms in total. The second kappa shape index (κ2) is 16.5. The zero-order valence-electron chi connectivity index (χ0n) is 24.6. The molecule has 0 aromatic rings. The lowest BCUT2D eigenvalue weighted by Crippen LogP contribution is -2.59. The van der Waals surface area contributed by atoms with Gasteiger partial charge in [-0.25, -0.2) is 9.59 Å². The predicted octanol–water partition coefficient (Wildman–Crippen LogP) is 4.04. The van der Waals surface area contributed by atoms with Crippen molar-refractivity contribution in [3.05, 3.63) is 12.7 Å². The predicted molar refractivity (Wildman–Crippen MR) is 145 cm³/mol. The van der Waals surface area contributed by atoms with Gasteiger partial charge in [0, 0.05) is 36.6 Å². The molecular weight excluding hydrogens is 492 g/mol. The number of aliphatic hydroxyl groups excluding tert-OH is 1. The molecule has 0 saturated heterocycles. The van der Waals surface area contributed by atoms with E-state index in [-0.39, 0.29) is 23.3 Å². The van der Waals surface area contributed by atoms with Gasteiger partial charge in [-0.2, -0.15) is 0 Å². The summed E-state index contributed by atoms with van der Waals surface area (Å²) < 4.78 is 14.7. The minimum Gasteiger partial charge on any atom is -0.453 e. The van der Waals surface area contributed by atoms with Crippen LogP contribution in [0.1, 0.15) is 93.4 Å². The van der Waals surface area contributed by atoms with Crippen LogP contribution in [-0.4, -0.2) is 66.6 Å². The highest BCUT2D eigenvalue weighted by Crippen LogP contribution is 2.41. The van der Waals surface area contributed by atoms with Gasteiger partial charge < -0.3 is 30.0 Å². The number of Topliss-reactive ketones (excluding diaryl/α,β-unsaturated/α-hetero) is 1. The summed E-state index contributed by atoms with van der Waals surface area (Å²) in [5.74, 6) is -0.369. The first kappa shape index (κ1) is 35.5. The Hall–Kier alpha value is -2.46. The second-order valence-electron chi connectivity index (χ2n) is 11.7. The van der Waals surface area contributed by atoms with Crippen LogP contribution in [-0.2, 0) is 28.6 Å². The lowest BCUT2D eigenvalue weighted by molar-refractivity contribution is -0.145. The lowest BCUT2D eigenvalue weighted by atomic mass is 9.66. The van der Waals surface area contributed by atoms with Gasteiger partial charge in [0.2, 0.25) is 0 Å². The number of carbonyl (C=O) groups is 4. The number of methoxy groups -OCH3 is 1. The van der Waals surface area contributed by atoms with Gasteiger partial charge in [-0.05, 0) is 58.3 Å². The number of hydrogen-bond donors (Lipinski definition) is 3. The summed E-state index contributed by atoms with van der Waals surface area (Å²) in [6, 6.07) is -0.0664. The Kier molecular flexibility index (Phi) is 15.4. The van der Waals surface area contributed by atoms with Crippen molar-refractivity contribution in [3.63, 3.8) is 0 Å². The number of alkyl carbamates (subject to hydrolysis) is 1. The van der Waals surface area contributed by atoms with Crippen molar-refractivity contribution in [3.8, 4) is 0 Å². The smallest absolute Gasteiger partial charge is 0.407 e. The van der Waals surface area contributed by atoms with Crippen molar-refractivity contribution in [1.29, 1.82) is 0 Å². The summed E-state index contributed by atoms with van der Waals surface area (Å²) in [5, 5.41) is 14.0. The Morgan fingerprint density at radius 2 is 1.74 bits per heavy atom. The van der Waals surface area contributed by atoms with E-state index in [0.717, 1.165) is 38.2 Å². The van der Waals surface area contributed by atoms with Crippen LogP contribution in [0.4, 0.5) is 4.79 Å². The third kappa shape index (κ3) is 14.5. The van der Waals surface area contributed by atoms with E-state index in [4.69, 9.17) is 14.6 Å². The molecule has 0 aliphatic heterocycles. The average Bonchev–Trinajstić information content (AvgIpc) is 2.79. The fourth-order valence-electron chi connectivity index (χ4n) is 4.72. The molecule has 0 heterocycles. The van der Waals surface area contributed by atoms with E-state index in [1.54, 1.807) is 13.8 Å². The average molecular weight is 543 g/mol. The van der Waals surface area contributed by atoms with E-state index >= 15 is 0 Å². The molecular formula is C28H50N2O8.